The number of H-pyrrole nitrogens is 1. The Morgan fingerprint density at radius 2 is 2.06 bits per heavy atom. The minimum Gasteiger partial charge on any atom is -0.372 e. The van der Waals surface area contributed by atoms with Crippen molar-refractivity contribution < 1.29 is 4.39 Å². The summed E-state index contributed by atoms with van der Waals surface area (Å²) in [5.74, 6) is 0.924. The molecule has 3 aromatic rings. The van der Waals surface area contributed by atoms with Crippen molar-refractivity contribution in [3.05, 3.63) is 47.9 Å². The number of nitrogens with zero attached hydrogens (tertiary/aromatic N) is 3. The maximum Gasteiger partial charge on any atom is 0.183 e. The zero-order valence-corrected chi connectivity index (χ0v) is 18.3. The van der Waals surface area contributed by atoms with E-state index in [2.05, 4.69) is 49.4 Å². The van der Waals surface area contributed by atoms with Gasteiger partial charge in [-0.05, 0) is 25.3 Å². The minimum atomic E-state index is -0.480. The molecule has 0 radical (unpaired) electrons. The maximum atomic E-state index is 14.6. The lowest BCUT2D eigenvalue weighted by molar-refractivity contribution is 0.356. The van der Waals surface area contributed by atoms with Crippen molar-refractivity contribution in [2.45, 2.75) is 51.1 Å². The molecule has 4 rings (SSSR count). The first-order valence-corrected chi connectivity index (χ1v) is 11.0. The number of nitrogens with one attached hydrogen (secondary N) is 4. The summed E-state index contributed by atoms with van der Waals surface area (Å²) in [6.07, 6.45) is 9.67. The van der Waals surface area contributed by atoms with E-state index in [1.54, 1.807) is 18.5 Å². The summed E-state index contributed by atoms with van der Waals surface area (Å²) in [4.78, 5) is 16.0. The van der Waals surface area contributed by atoms with Crippen molar-refractivity contribution in [2.24, 2.45) is 0 Å². The summed E-state index contributed by atoms with van der Waals surface area (Å²) in [6, 6.07) is 1.97. The summed E-state index contributed by atoms with van der Waals surface area (Å²) >= 11 is 6.10. The van der Waals surface area contributed by atoms with Gasteiger partial charge in [0.2, 0.25) is 0 Å². The Bertz CT molecular complexity index is 1070. The molecule has 4 N–H and O–H groups in total. The van der Waals surface area contributed by atoms with Crippen LogP contribution in [0.25, 0.3) is 22.4 Å². The predicted molar refractivity (Wildman–Crippen MR) is 122 cm³/mol. The Morgan fingerprint density at radius 1 is 1.26 bits per heavy atom. The number of hydrogen-bond donors (Lipinski definition) is 4. The van der Waals surface area contributed by atoms with Crippen LogP contribution in [0.15, 0.2) is 37.1 Å². The minimum absolute atomic E-state index is 0.0326. The molecule has 31 heavy (non-hydrogen) atoms. The van der Waals surface area contributed by atoms with Crippen LogP contribution in [0, 0.1) is 5.82 Å². The lowest BCUT2D eigenvalue weighted by atomic mass is 9.90. The largest absolute Gasteiger partial charge is 0.372 e. The molecule has 9 heteroatoms. The van der Waals surface area contributed by atoms with Gasteiger partial charge in [-0.1, -0.05) is 37.9 Å². The Labute approximate surface area is 185 Å². The second kappa shape index (κ2) is 9.51. The fourth-order valence-electron chi connectivity index (χ4n) is 3.96. The number of pyridine rings is 1. The van der Waals surface area contributed by atoms with Crippen LogP contribution in [-0.4, -0.2) is 38.6 Å². The summed E-state index contributed by atoms with van der Waals surface area (Å²) < 4.78 is 14.6. The first kappa shape index (κ1) is 21.4. The van der Waals surface area contributed by atoms with Crippen LogP contribution < -0.4 is 16.0 Å². The molecule has 0 bridgehead atoms. The van der Waals surface area contributed by atoms with E-state index in [1.165, 1.54) is 6.20 Å². The van der Waals surface area contributed by atoms with E-state index in [0.29, 0.717) is 16.5 Å². The number of anilines is 1. The Hall–Kier alpha value is -2.87. The quantitative estimate of drug-likeness (QED) is 0.407. The first-order valence-electron chi connectivity index (χ1n) is 10.7. The predicted octanol–water partition coefficient (Wildman–Crippen LogP) is 4.60. The zero-order chi connectivity index (χ0) is 21.8. The van der Waals surface area contributed by atoms with Crippen LogP contribution >= 0.6 is 11.6 Å². The highest BCUT2D eigenvalue weighted by Gasteiger charge is 2.27. The van der Waals surface area contributed by atoms with Gasteiger partial charge in [-0.3, -0.25) is 0 Å². The number of aromatic nitrogens is 4. The van der Waals surface area contributed by atoms with E-state index in [4.69, 9.17) is 11.6 Å². The van der Waals surface area contributed by atoms with Crippen molar-refractivity contribution in [1.29, 1.82) is 0 Å². The number of aromatic amines is 1. The third-order valence-electron chi connectivity index (χ3n) is 5.52. The Morgan fingerprint density at radius 3 is 2.87 bits per heavy atom. The molecule has 0 aliphatic heterocycles. The van der Waals surface area contributed by atoms with Gasteiger partial charge in [-0.15, -0.1) is 0 Å². The van der Waals surface area contributed by atoms with E-state index in [1.807, 2.05) is 0 Å². The molecule has 0 aromatic carbocycles. The van der Waals surface area contributed by atoms with Crippen molar-refractivity contribution in [1.82, 2.24) is 30.6 Å². The highest BCUT2D eigenvalue weighted by molar-refractivity contribution is 6.31. The number of fused-ring (bicyclic) bond motifs is 1. The molecule has 0 unspecified atom stereocenters. The van der Waals surface area contributed by atoms with Gasteiger partial charge >= 0.3 is 0 Å². The van der Waals surface area contributed by atoms with Crippen molar-refractivity contribution >= 4 is 28.5 Å². The van der Waals surface area contributed by atoms with Crippen LogP contribution in [0.4, 0.5) is 10.2 Å². The van der Waals surface area contributed by atoms with E-state index >= 15 is 0 Å². The molecule has 164 valence electrons. The van der Waals surface area contributed by atoms with Crippen molar-refractivity contribution in [3.63, 3.8) is 0 Å². The topological polar surface area (TPSA) is 90.5 Å². The van der Waals surface area contributed by atoms with Gasteiger partial charge in [0.05, 0.1) is 17.0 Å². The molecule has 1 aliphatic carbocycles. The molecule has 3 heterocycles. The monoisotopic (exact) mass is 443 g/mol. The van der Waals surface area contributed by atoms with E-state index in [0.717, 1.165) is 55.4 Å². The second-order valence-electron chi connectivity index (χ2n) is 7.83. The molecule has 0 spiro atoms. The SMILES string of the molecule is C=C(NCCC)N[C@H]1CCCC[C@@H]1Nc1nc(-c2c[nH]c3ncc(Cl)cc23)ncc1F. The molecule has 1 saturated carbocycles. The summed E-state index contributed by atoms with van der Waals surface area (Å²) in [6.45, 7) is 7.03. The average molecular weight is 444 g/mol. The standard InChI is InChI=1S/C22H27ClFN7/c1-3-8-25-13(2)29-18-6-4-5-7-19(18)30-22-17(24)12-28-21(31-22)16-11-27-20-15(16)9-14(23)10-26-20/h9-12,18-19,25,29H,2-8H2,1H3,(H,26,27)(H,28,30,31)/t18-,19-/m0/s1. The van der Waals surface area contributed by atoms with Crippen LogP contribution in [0.5, 0.6) is 0 Å². The van der Waals surface area contributed by atoms with Gasteiger partial charge in [-0.25, -0.2) is 19.3 Å². The normalized spacial score (nSPS) is 18.7. The van der Waals surface area contributed by atoms with Gasteiger partial charge in [0.25, 0.3) is 0 Å². The van der Waals surface area contributed by atoms with Gasteiger partial charge < -0.3 is 20.9 Å². The lowest BCUT2D eigenvalue weighted by Crippen LogP contribution is -2.48. The molecule has 0 saturated heterocycles. The molecule has 2 atom stereocenters. The van der Waals surface area contributed by atoms with E-state index in [-0.39, 0.29) is 17.9 Å². The fourth-order valence-corrected chi connectivity index (χ4v) is 4.12. The van der Waals surface area contributed by atoms with Crippen LogP contribution in [0.2, 0.25) is 5.02 Å². The van der Waals surface area contributed by atoms with Crippen LogP contribution in [0.3, 0.4) is 0 Å². The average Bonchev–Trinajstić information content (AvgIpc) is 3.18. The lowest BCUT2D eigenvalue weighted by Gasteiger charge is -2.34. The number of halogens is 2. The number of rotatable bonds is 8. The zero-order valence-electron chi connectivity index (χ0n) is 17.5. The fraction of sp³-hybridized carbons (Fsp3) is 0.409. The molecular formula is C22H27ClFN7. The molecule has 0 amide bonds. The van der Waals surface area contributed by atoms with E-state index in [9.17, 15) is 4.39 Å². The van der Waals surface area contributed by atoms with Gasteiger partial charge in [0, 0.05) is 42.0 Å². The van der Waals surface area contributed by atoms with Gasteiger partial charge in [0.1, 0.15) is 5.65 Å². The van der Waals surface area contributed by atoms with Gasteiger partial charge in [0.15, 0.2) is 17.5 Å². The van der Waals surface area contributed by atoms with Crippen LogP contribution in [-0.2, 0) is 0 Å². The Kier molecular flexibility index (Phi) is 6.56. The van der Waals surface area contributed by atoms with Gasteiger partial charge in [-0.2, -0.15) is 0 Å². The van der Waals surface area contributed by atoms with Crippen LogP contribution in [0.1, 0.15) is 39.0 Å². The first-order chi connectivity index (χ1) is 15.0. The maximum absolute atomic E-state index is 14.6. The van der Waals surface area contributed by atoms with Crippen molar-refractivity contribution in [3.8, 4) is 11.4 Å². The molecule has 7 nitrogen and oxygen atoms in total. The molecule has 3 aromatic heterocycles. The molecule has 1 fully saturated rings. The third kappa shape index (κ3) is 4.90. The summed E-state index contributed by atoms with van der Waals surface area (Å²) in [5.41, 5.74) is 1.40. The smallest absolute Gasteiger partial charge is 0.183 e. The molecular weight excluding hydrogens is 417 g/mol. The summed E-state index contributed by atoms with van der Waals surface area (Å²) in [7, 11) is 0. The molecule has 1 aliphatic rings. The van der Waals surface area contributed by atoms with E-state index < -0.39 is 5.82 Å². The summed E-state index contributed by atoms with van der Waals surface area (Å²) in [5, 5.41) is 11.3. The highest BCUT2D eigenvalue weighted by atomic mass is 35.5. The second-order valence-corrected chi connectivity index (χ2v) is 8.27. The Balaban J connectivity index is 1.56. The highest BCUT2D eigenvalue weighted by Crippen LogP contribution is 2.29. The third-order valence-corrected chi connectivity index (χ3v) is 5.73. The number of hydrogen-bond acceptors (Lipinski definition) is 6. The van der Waals surface area contributed by atoms with Crippen molar-refractivity contribution in [2.75, 3.05) is 11.9 Å².